The summed E-state index contributed by atoms with van der Waals surface area (Å²) in [5.41, 5.74) is 2.38. The first kappa shape index (κ1) is 23.6. The van der Waals surface area contributed by atoms with Crippen LogP contribution < -0.4 is 5.56 Å². The van der Waals surface area contributed by atoms with Crippen LogP contribution in [0.5, 0.6) is 0 Å². The molecular weight excluding hydrogens is 460 g/mol. The Morgan fingerprint density at radius 2 is 1.82 bits per heavy atom. The largest absolute Gasteiger partial charge is 0.340 e. The van der Waals surface area contributed by atoms with Gasteiger partial charge in [0.05, 0.1) is 10.3 Å². The van der Waals surface area contributed by atoms with Gasteiger partial charge in [0.15, 0.2) is 0 Å². The van der Waals surface area contributed by atoms with E-state index in [1.807, 2.05) is 32.9 Å². The zero-order valence-electron chi connectivity index (χ0n) is 19.3. The molecule has 1 aromatic carbocycles. The molecule has 2 aromatic heterocycles. The van der Waals surface area contributed by atoms with Crippen molar-refractivity contribution in [2.75, 3.05) is 26.2 Å². The van der Waals surface area contributed by atoms with Crippen LogP contribution in [0, 0.1) is 27.7 Å². The molecule has 0 atom stereocenters. The second-order valence-electron chi connectivity index (χ2n) is 8.53. The molecule has 1 aliphatic rings. The number of carbonyl (C=O) groups excluding carboxylic acids is 1. The first-order valence-corrected chi connectivity index (χ1v) is 13.2. The SMILES string of the molecule is Cc1ccc(C)c(S(=O)(=O)N2CCN(C(=O)CCc3nc4sc(C)c(C)c4c(=O)[nH]3)CC2)c1. The quantitative estimate of drug-likeness (QED) is 0.595. The normalized spacial score (nSPS) is 15.3. The molecule has 176 valence electrons. The maximum absolute atomic E-state index is 13.1. The number of hydrogen-bond donors (Lipinski definition) is 1. The number of benzene rings is 1. The molecular formula is C23H28N4O4S2. The summed E-state index contributed by atoms with van der Waals surface area (Å²) in [6.45, 7) is 8.74. The fourth-order valence-corrected chi connectivity index (χ4v) is 6.88. The van der Waals surface area contributed by atoms with Crippen LogP contribution >= 0.6 is 11.3 Å². The lowest BCUT2D eigenvalue weighted by Gasteiger charge is -2.34. The fraction of sp³-hybridized carbons (Fsp3) is 0.435. The van der Waals surface area contributed by atoms with Gasteiger partial charge in [-0.05, 0) is 50.5 Å². The second kappa shape index (κ2) is 9.00. The highest BCUT2D eigenvalue weighted by Crippen LogP contribution is 2.26. The third kappa shape index (κ3) is 4.60. The minimum atomic E-state index is -3.60. The summed E-state index contributed by atoms with van der Waals surface area (Å²) in [5.74, 6) is 0.429. The number of piperazine rings is 1. The molecule has 0 bridgehead atoms. The lowest BCUT2D eigenvalue weighted by molar-refractivity contribution is -0.132. The first-order chi connectivity index (χ1) is 15.6. The molecule has 33 heavy (non-hydrogen) atoms. The number of aromatic amines is 1. The van der Waals surface area contributed by atoms with E-state index in [9.17, 15) is 18.0 Å². The Labute approximate surface area is 197 Å². The Morgan fingerprint density at radius 1 is 1.12 bits per heavy atom. The second-order valence-corrected chi connectivity index (χ2v) is 11.6. The van der Waals surface area contributed by atoms with Gasteiger partial charge in [-0.2, -0.15) is 4.31 Å². The molecule has 1 aliphatic heterocycles. The molecule has 1 N–H and O–H groups in total. The van der Waals surface area contributed by atoms with Gasteiger partial charge in [-0.25, -0.2) is 13.4 Å². The van der Waals surface area contributed by atoms with Gasteiger partial charge in [0, 0.05) is 43.9 Å². The standard InChI is InChI=1S/C23H28N4O4S2/c1-14-5-6-15(2)18(13-14)33(30,31)27-11-9-26(10-12-27)20(28)8-7-19-24-22(29)21-16(3)17(4)32-23(21)25-19/h5-6,13H,7-12H2,1-4H3,(H,24,25,29). The number of carbonyl (C=O) groups is 1. The molecule has 4 rings (SSSR count). The predicted octanol–water partition coefficient (Wildman–Crippen LogP) is 2.68. The van der Waals surface area contributed by atoms with Crippen molar-refractivity contribution in [1.82, 2.24) is 19.2 Å². The number of aromatic nitrogens is 2. The highest BCUT2D eigenvalue weighted by Gasteiger charge is 2.31. The molecule has 0 saturated carbocycles. The summed E-state index contributed by atoms with van der Waals surface area (Å²) in [5, 5.41) is 0.619. The van der Waals surface area contributed by atoms with Crippen molar-refractivity contribution in [3.05, 3.63) is 55.9 Å². The van der Waals surface area contributed by atoms with Gasteiger partial charge in [0.1, 0.15) is 10.7 Å². The van der Waals surface area contributed by atoms with Crippen molar-refractivity contribution in [1.29, 1.82) is 0 Å². The third-order valence-corrected chi connectivity index (χ3v) is 9.36. The summed E-state index contributed by atoms with van der Waals surface area (Å²) >= 11 is 1.48. The number of thiophene rings is 1. The first-order valence-electron chi connectivity index (χ1n) is 10.9. The number of aryl methyl sites for hydroxylation is 5. The van der Waals surface area contributed by atoms with Gasteiger partial charge >= 0.3 is 0 Å². The predicted molar refractivity (Wildman–Crippen MR) is 129 cm³/mol. The maximum atomic E-state index is 13.1. The van der Waals surface area contributed by atoms with Crippen molar-refractivity contribution in [2.45, 2.75) is 45.4 Å². The molecule has 1 amide bonds. The van der Waals surface area contributed by atoms with E-state index in [2.05, 4.69) is 9.97 Å². The van der Waals surface area contributed by atoms with Gasteiger partial charge < -0.3 is 9.88 Å². The Bertz CT molecular complexity index is 1380. The Balaban J connectivity index is 1.38. The molecule has 10 heteroatoms. The van der Waals surface area contributed by atoms with E-state index in [1.54, 1.807) is 17.9 Å². The van der Waals surface area contributed by atoms with Gasteiger partial charge in [-0.3, -0.25) is 9.59 Å². The van der Waals surface area contributed by atoms with Gasteiger partial charge in [-0.15, -0.1) is 11.3 Å². The van der Waals surface area contributed by atoms with E-state index in [-0.39, 0.29) is 31.0 Å². The highest BCUT2D eigenvalue weighted by atomic mass is 32.2. The zero-order chi connectivity index (χ0) is 23.9. The number of fused-ring (bicyclic) bond motifs is 1. The van der Waals surface area contributed by atoms with E-state index in [0.29, 0.717) is 46.0 Å². The third-order valence-electron chi connectivity index (χ3n) is 6.22. The van der Waals surface area contributed by atoms with Crippen molar-refractivity contribution < 1.29 is 13.2 Å². The topological polar surface area (TPSA) is 103 Å². The van der Waals surface area contributed by atoms with Crippen LogP contribution in [0.4, 0.5) is 0 Å². The molecule has 3 aromatic rings. The molecule has 0 spiro atoms. The van der Waals surface area contributed by atoms with Crippen LogP contribution in [0.2, 0.25) is 0 Å². The molecule has 0 radical (unpaired) electrons. The van der Waals surface area contributed by atoms with Gasteiger partial charge in [0.2, 0.25) is 15.9 Å². The Kier molecular flexibility index (Phi) is 6.43. The van der Waals surface area contributed by atoms with Crippen molar-refractivity contribution in [2.24, 2.45) is 0 Å². The number of nitrogens with zero attached hydrogens (tertiary/aromatic N) is 3. The van der Waals surface area contributed by atoms with E-state index < -0.39 is 10.0 Å². The number of H-pyrrole nitrogens is 1. The average Bonchev–Trinajstić information content (AvgIpc) is 3.07. The lowest BCUT2D eigenvalue weighted by atomic mass is 10.2. The average molecular weight is 489 g/mol. The summed E-state index contributed by atoms with van der Waals surface area (Å²) in [4.78, 5) is 36.3. The lowest BCUT2D eigenvalue weighted by Crippen LogP contribution is -2.50. The van der Waals surface area contributed by atoms with Crippen molar-refractivity contribution in [3.63, 3.8) is 0 Å². The number of amides is 1. The summed E-state index contributed by atoms with van der Waals surface area (Å²) < 4.78 is 27.6. The van der Waals surface area contributed by atoms with Crippen LogP contribution in [0.15, 0.2) is 27.9 Å². The van der Waals surface area contributed by atoms with E-state index in [0.717, 1.165) is 16.0 Å². The highest BCUT2D eigenvalue weighted by molar-refractivity contribution is 7.89. The number of nitrogens with one attached hydrogen (secondary N) is 1. The van der Waals surface area contributed by atoms with Gasteiger partial charge in [0.25, 0.3) is 5.56 Å². The smallest absolute Gasteiger partial charge is 0.259 e. The van der Waals surface area contributed by atoms with Crippen molar-refractivity contribution >= 4 is 37.5 Å². The monoisotopic (exact) mass is 488 g/mol. The summed E-state index contributed by atoms with van der Waals surface area (Å²) in [7, 11) is -3.60. The van der Waals surface area contributed by atoms with E-state index in [4.69, 9.17) is 0 Å². The Morgan fingerprint density at radius 3 is 2.52 bits per heavy atom. The van der Waals surface area contributed by atoms with Gasteiger partial charge in [-0.1, -0.05) is 12.1 Å². The van der Waals surface area contributed by atoms with E-state index >= 15 is 0 Å². The molecule has 3 heterocycles. The van der Waals surface area contributed by atoms with Crippen LogP contribution in [-0.2, 0) is 21.2 Å². The van der Waals surface area contributed by atoms with Crippen LogP contribution in [-0.4, -0.2) is 59.7 Å². The number of hydrogen-bond acceptors (Lipinski definition) is 6. The number of rotatable bonds is 5. The minimum Gasteiger partial charge on any atom is -0.340 e. The molecule has 0 unspecified atom stereocenters. The van der Waals surface area contributed by atoms with Crippen LogP contribution in [0.25, 0.3) is 10.2 Å². The minimum absolute atomic E-state index is 0.0694. The molecule has 1 fully saturated rings. The van der Waals surface area contributed by atoms with Crippen LogP contribution in [0.3, 0.4) is 0 Å². The summed E-state index contributed by atoms with van der Waals surface area (Å²) in [6.07, 6.45) is 0.544. The zero-order valence-corrected chi connectivity index (χ0v) is 20.9. The molecule has 8 nitrogen and oxygen atoms in total. The fourth-order valence-electron chi connectivity index (χ4n) is 4.10. The maximum Gasteiger partial charge on any atom is 0.259 e. The number of sulfonamides is 1. The molecule has 1 saturated heterocycles. The Hall–Kier alpha value is -2.56. The molecule has 0 aliphatic carbocycles. The summed E-state index contributed by atoms with van der Waals surface area (Å²) in [6, 6.07) is 5.41. The van der Waals surface area contributed by atoms with Crippen molar-refractivity contribution in [3.8, 4) is 0 Å². The van der Waals surface area contributed by atoms with Crippen LogP contribution in [0.1, 0.15) is 33.8 Å². The van der Waals surface area contributed by atoms with E-state index in [1.165, 1.54) is 15.6 Å².